The van der Waals surface area contributed by atoms with Crippen molar-refractivity contribution in [3.8, 4) is 0 Å². The molecule has 2 aromatic rings. The van der Waals surface area contributed by atoms with Crippen LogP contribution in [0.2, 0.25) is 0 Å². The maximum absolute atomic E-state index is 5.85. The van der Waals surface area contributed by atoms with Gasteiger partial charge in [-0.1, -0.05) is 80.1 Å². The molecule has 0 amide bonds. The Balaban J connectivity index is 1.74. The van der Waals surface area contributed by atoms with Crippen LogP contribution >= 0.6 is 0 Å². The molecule has 0 spiro atoms. The van der Waals surface area contributed by atoms with Crippen LogP contribution in [-0.2, 0) is 17.9 Å². The standard InChI is InChI=1S/C22H29NO/c1-3-21(15-16-24-18-20-13-9-6-10-14-20)22(4-2)23-17-19-11-7-5-8-12-19/h4-14,21-23H,2-3,15-18H2,1H3/t21-,22+/m1/s1. The van der Waals surface area contributed by atoms with E-state index in [9.17, 15) is 0 Å². The van der Waals surface area contributed by atoms with Gasteiger partial charge >= 0.3 is 0 Å². The summed E-state index contributed by atoms with van der Waals surface area (Å²) < 4.78 is 5.85. The highest BCUT2D eigenvalue weighted by atomic mass is 16.5. The van der Waals surface area contributed by atoms with E-state index in [1.807, 2.05) is 18.2 Å². The molecule has 128 valence electrons. The number of ether oxygens (including phenoxy) is 1. The molecule has 0 bridgehead atoms. The lowest BCUT2D eigenvalue weighted by Gasteiger charge is -2.25. The van der Waals surface area contributed by atoms with E-state index in [-0.39, 0.29) is 0 Å². The van der Waals surface area contributed by atoms with Gasteiger partial charge < -0.3 is 10.1 Å². The van der Waals surface area contributed by atoms with Crippen molar-refractivity contribution >= 4 is 0 Å². The van der Waals surface area contributed by atoms with Crippen molar-refractivity contribution < 1.29 is 4.74 Å². The zero-order chi connectivity index (χ0) is 17.0. The van der Waals surface area contributed by atoms with Crippen molar-refractivity contribution in [2.75, 3.05) is 6.61 Å². The van der Waals surface area contributed by atoms with Crippen LogP contribution < -0.4 is 5.32 Å². The number of nitrogens with one attached hydrogen (secondary N) is 1. The predicted octanol–water partition coefficient (Wildman–Crippen LogP) is 4.96. The molecule has 0 aliphatic rings. The number of hydrogen-bond donors (Lipinski definition) is 1. The molecule has 0 aliphatic heterocycles. The first-order valence-electron chi connectivity index (χ1n) is 8.85. The maximum atomic E-state index is 5.85. The number of hydrogen-bond acceptors (Lipinski definition) is 2. The third kappa shape index (κ3) is 6.31. The molecule has 0 aromatic heterocycles. The topological polar surface area (TPSA) is 21.3 Å². The fourth-order valence-corrected chi connectivity index (χ4v) is 2.91. The first-order chi connectivity index (χ1) is 11.8. The van der Waals surface area contributed by atoms with Crippen LogP contribution in [0, 0.1) is 5.92 Å². The molecule has 0 fully saturated rings. The van der Waals surface area contributed by atoms with E-state index < -0.39 is 0 Å². The lowest BCUT2D eigenvalue weighted by atomic mass is 9.93. The summed E-state index contributed by atoms with van der Waals surface area (Å²) in [5, 5.41) is 3.62. The minimum Gasteiger partial charge on any atom is -0.377 e. The molecule has 2 nitrogen and oxygen atoms in total. The summed E-state index contributed by atoms with van der Waals surface area (Å²) in [6.45, 7) is 8.60. The van der Waals surface area contributed by atoms with Gasteiger partial charge in [-0.15, -0.1) is 6.58 Å². The van der Waals surface area contributed by atoms with Gasteiger partial charge in [-0.25, -0.2) is 0 Å². The summed E-state index contributed by atoms with van der Waals surface area (Å²) in [6, 6.07) is 21.2. The van der Waals surface area contributed by atoms with Gasteiger partial charge in [-0.05, 0) is 23.5 Å². The maximum Gasteiger partial charge on any atom is 0.0716 e. The molecule has 2 rings (SSSR count). The molecule has 1 N–H and O–H groups in total. The zero-order valence-corrected chi connectivity index (χ0v) is 14.7. The van der Waals surface area contributed by atoms with Crippen molar-refractivity contribution in [2.45, 2.75) is 39.0 Å². The first kappa shape index (κ1) is 18.4. The molecule has 0 aliphatic carbocycles. The summed E-state index contributed by atoms with van der Waals surface area (Å²) >= 11 is 0. The molecule has 24 heavy (non-hydrogen) atoms. The Morgan fingerprint density at radius 2 is 1.62 bits per heavy atom. The average molecular weight is 323 g/mol. The Hall–Kier alpha value is -1.90. The summed E-state index contributed by atoms with van der Waals surface area (Å²) in [5.74, 6) is 0.544. The minimum atomic E-state index is 0.315. The van der Waals surface area contributed by atoms with Gasteiger partial charge in [0.05, 0.1) is 6.61 Å². The van der Waals surface area contributed by atoms with Gasteiger partial charge in [-0.2, -0.15) is 0 Å². The van der Waals surface area contributed by atoms with Crippen LogP contribution in [0.25, 0.3) is 0 Å². The lowest BCUT2D eigenvalue weighted by Crippen LogP contribution is -2.34. The minimum absolute atomic E-state index is 0.315. The van der Waals surface area contributed by atoms with Crippen molar-refractivity contribution in [3.05, 3.63) is 84.4 Å². The molecule has 0 unspecified atom stereocenters. The normalized spacial score (nSPS) is 13.4. The van der Waals surface area contributed by atoms with Gasteiger partial charge in [0.1, 0.15) is 0 Å². The number of rotatable bonds is 11. The SMILES string of the molecule is C=C[C@H](NCc1ccccc1)[C@H](CC)CCOCc1ccccc1. The van der Waals surface area contributed by atoms with Crippen LogP contribution in [-0.4, -0.2) is 12.6 Å². The quantitative estimate of drug-likeness (QED) is 0.466. The van der Waals surface area contributed by atoms with E-state index in [1.54, 1.807) is 0 Å². The molecule has 2 heteroatoms. The molecule has 0 radical (unpaired) electrons. The smallest absolute Gasteiger partial charge is 0.0716 e. The summed E-state index contributed by atoms with van der Waals surface area (Å²) in [6.07, 6.45) is 4.20. The van der Waals surface area contributed by atoms with Gasteiger partial charge in [0.25, 0.3) is 0 Å². The molecule has 0 saturated heterocycles. The molecule has 2 aromatic carbocycles. The highest BCUT2D eigenvalue weighted by Gasteiger charge is 2.16. The third-order valence-electron chi connectivity index (χ3n) is 4.42. The highest BCUT2D eigenvalue weighted by Crippen LogP contribution is 2.16. The van der Waals surface area contributed by atoms with E-state index in [0.717, 1.165) is 26.0 Å². The first-order valence-corrected chi connectivity index (χ1v) is 8.85. The number of benzene rings is 2. The Labute approximate surface area is 146 Å². The summed E-state index contributed by atoms with van der Waals surface area (Å²) in [5.41, 5.74) is 2.53. The second kappa shape index (κ2) is 10.8. The van der Waals surface area contributed by atoms with Crippen LogP contribution in [0.3, 0.4) is 0 Å². The van der Waals surface area contributed by atoms with E-state index in [0.29, 0.717) is 18.6 Å². The molecule has 0 heterocycles. The highest BCUT2D eigenvalue weighted by molar-refractivity contribution is 5.15. The van der Waals surface area contributed by atoms with Crippen LogP contribution in [0.1, 0.15) is 30.9 Å². The summed E-state index contributed by atoms with van der Waals surface area (Å²) in [4.78, 5) is 0. The van der Waals surface area contributed by atoms with Crippen LogP contribution in [0.4, 0.5) is 0 Å². The van der Waals surface area contributed by atoms with Crippen LogP contribution in [0.15, 0.2) is 73.3 Å². The van der Waals surface area contributed by atoms with E-state index >= 15 is 0 Å². The Morgan fingerprint density at radius 3 is 2.21 bits per heavy atom. The Kier molecular flexibility index (Phi) is 8.29. The second-order valence-electron chi connectivity index (χ2n) is 6.12. The van der Waals surface area contributed by atoms with Crippen molar-refractivity contribution in [1.82, 2.24) is 5.32 Å². The fraction of sp³-hybridized carbons (Fsp3) is 0.364. The van der Waals surface area contributed by atoms with Crippen molar-refractivity contribution in [2.24, 2.45) is 5.92 Å². The van der Waals surface area contributed by atoms with Gasteiger partial charge in [0, 0.05) is 19.2 Å². The second-order valence-corrected chi connectivity index (χ2v) is 6.12. The molecule has 2 atom stereocenters. The average Bonchev–Trinajstić information content (AvgIpc) is 2.65. The monoisotopic (exact) mass is 323 g/mol. The van der Waals surface area contributed by atoms with Crippen molar-refractivity contribution in [3.63, 3.8) is 0 Å². The summed E-state index contributed by atoms with van der Waals surface area (Å²) in [7, 11) is 0. The molecule has 0 saturated carbocycles. The van der Waals surface area contributed by atoms with Crippen molar-refractivity contribution in [1.29, 1.82) is 0 Å². The van der Waals surface area contributed by atoms with Gasteiger partial charge in [0.2, 0.25) is 0 Å². The van der Waals surface area contributed by atoms with E-state index in [1.165, 1.54) is 11.1 Å². The lowest BCUT2D eigenvalue weighted by molar-refractivity contribution is 0.103. The van der Waals surface area contributed by atoms with E-state index in [4.69, 9.17) is 4.74 Å². The molecular formula is C22H29NO. The Morgan fingerprint density at radius 1 is 1.00 bits per heavy atom. The molecular weight excluding hydrogens is 294 g/mol. The fourth-order valence-electron chi connectivity index (χ4n) is 2.91. The van der Waals surface area contributed by atoms with Gasteiger partial charge in [0.15, 0.2) is 0 Å². The third-order valence-corrected chi connectivity index (χ3v) is 4.42. The van der Waals surface area contributed by atoms with Crippen LogP contribution in [0.5, 0.6) is 0 Å². The predicted molar refractivity (Wildman–Crippen MR) is 102 cm³/mol. The Bertz CT molecular complexity index is 567. The zero-order valence-electron chi connectivity index (χ0n) is 14.7. The van der Waals surface area contributed by atoms with E-state index in [2.05, 4.69) is 67.4 Å². The van der Waals surface area contributed by atoms with Gasteiger partial charge in [-0.3, -0.25) is 0 Å². The largest absolute Gasteiger partial charge is 0.377 e.